The van der Waals surface area contributed by atoms with E-state index in [-0.39, 0.29) is 17.6 Å². The Morgan fingerprint density at radius 2 is 1.59 bits per heavy atom. The number of benzene rings is 2. The van der Waals surface area contributed by atoms with Gasteiger partial charge in [0.15, 0.2) is 0 Å². The van der Waals surface area contributed by atoms with Crippen molar-refractivity contribution in [2.75, 3.05) is 26.2 Å². The highest BCUT2D eigenvalue weighted by molar-refractivity contribution is 5.94. The van der Waals surface area contributed by atoms with Crippen LogP contribution in [0.3, 0.4) is 0 Å². The molecule has 0 saturated carbocycles. The molecule has 2 aromatic carbocycles. The molecular formula is C20H17F3N4O2. The lowest BCUT2D eigenvalue weighted by atomic mass is 10.1. The van der Waals surface area contributed by atoms with Crippen molar-refractivity contribution in [1.29, 1.82) is 0 Å². The number of halogens is 3. The smallest absolute Gasteiger partial charge is 0.336 e. The van der Waals surface area contributed by atoms with E-state index in [1.165, 1.54) is 12.1 Å². The van der Waals surface area contributed by atoms with Crippen LogP contribution in [0.2, 0.25) is 0 Å². The first kappa shape index (κ1) is 19.1. The molecule has 0 aliphatic carbocycles. The quantitative estimate of drug-likeness (QED) is 0.727. The maximum Gasteiger partial charge on any atom is 0.416 e. The van der Waals surface area contributed by atoms with Gasteiger partial charge in [0, 0.05) is 42.9 Å². The summed E-state index contributed by atoms with van der Waals surface area (Å²) in [6.07, 6.45) is -4.40. The highest BCUT2D eigenvalue weighted by atomic mass is 19.4. The number of hydrogen-bond acceptors (Lipinski definition) is 5. The third kappa shape index (κ3) is 4.14. The van der Waals surface area contributed by atoms with E-state index in [1.807, 2.05) is 0 Å². The Balaban J connectivity index is 1.50. The molecule has 0 radical (unpaired) electrons. The number of hydrogen-bond donors (Lipinski definition) is 1. The number of rotatable bonds is 3. The van der Waals surface area contributed by atoms with E-state index in [4.69, 9.17) is 4.52 Å². The molecule has 29 heavy (non-hydrogen) atoms. The predicted molar refractivity (Wildman–Crippen MR) is 98.9 cm³/mol. The largest absolute Gasteiger partial charge is 0.416 e. The summed E-state index contributed by atoms with van der Waals surface area (Å²) in [5.74, 6) is 0.379. The summed E-state index contributed by atoms with van der Waals surface area (Å²) < 4.78 is 43.3. The second-order valence-electron chi connectivity index (χ2n) is 6.62. The molecule has 1 aliphatic heterocycles. The van der Waals surface area contributed by atoms with Gasteiger partial charge in [0.2, 0.25) is 5.82 Å². The number of nitrogens with zero attached hydrogens (tertiary/aromatic N) is 3. The standard InChI is InChI=1S/C20H17F3N4O2/c21-20(22,23)16-7-5-13(6-8-16)17-25-18(29-26-17)14-1-3-15(4-2-14)19(28)27-11-9-24-10-12-27/h1-8,24H,9-12H2. The minimum Gasteiger partial charge on any atom is -0.336 e. The molecule has 2 heterocycles. The lowest BCUT2D eigenvalue weighted by molar-refractivity contribution is -0.137. The van der Waals surface area contributed by atoms with E-state index in [0.717, 1.165) is 25.2 Å². The first-order chi connectivity index (χ1) is 13.9. The van der Waals surface area contributed by atoms with E-state index in [9.17, 15) is 18.0 Å². The Morgan fingerprint density at radius 3 is 2.21 bits per heavy atom. The fourth-order valence-corrected chi connectivity index (χ4v) is 3.07. The van der Waals surface area contributed by atoms with Gasteiger partial charge in [0.05, 0.1) is 5.56 Å². The summed E-state index contributed by atoms with van der Waals surface area (Å²) in [4.78, 5) is 18.5. The molecule has 1 fully saturated rings. The number of alkyl halides is 3. The van der Waals surface area contributed by atoms with Crippen molar-refractivity contribution in [3.8, 4) is 22.8 Å². The maximum atomic E-state index is 12.7. The summed E-state index contributed by atoms with van der Waals surface area (Å²) in [6, 6.07) is 11.4. The monoisotopic (exact) mass is 402 g/mol. The molecule has 9 heteroatoms. The Morgan fingerprint density at radius 1 is 0.966 bits per heavy atom. The maximum absolute atomic E-state index is 12.7. The summed E-state index contributed by atoms with van der Waals surface area (Å²) in [6.45, 7) is 2.89. The van der Waals surface area contributed by atoms with Crippen molar-refractivity contribution in [2.45, 2.75) is 6.18 Å². The zero-order valence-electron chi connectivity index (χ0n) is 15.2. The topological polar surface area (TPSA) is 71.3 Å². The van der Waals surface area contributed by atoms with Gasteiger partial charge < -0.3 is 14.7 Å². The van der Waals surface area contributed by atoms with Crippen LogP contribution < -0.4 is 5.32 Å². The Bertz CT molecular complexity index is 992. The fraction of sp³-hybridized carbons (Fsp3) is 0.250. The normalized spacial score (nSPS) is 14.8. The highest BCUT2D eigenvalue weighted by Gasteiger charge is 2.30. The second kappa shape index (κ2) is 7.67. The van der Waals surface area contributed by atoms with Gasteiger partial charge in [-0.25, -0.2) is 0 Å². The Kier molecular flexibility index (Phi) is 5.06. The molecular weight excluding hydrogens is 385 g/mol. The molecule has 1 amide bonds. The van der Waals surface area contributed by atoms with Crippen LogP contribution in [0.5, 0.6) is 0 Å². The molecule has 0 unspecified atom stereocenters. The third-order valence-electron chi connectivity index (χ3n) is 4.68. The average molecular weight is 402 g/mol. The summed E-state index contributed by atoms with van der Waals surface area (Å²) in [5.41, 5.74) is 0.860. The lowest BCUT2D eigenvalue weighted by Gasteiger charge is -2.27. The summed E-state index contributed by atoms with van der Waals surface area (Å²) >= 11 is 0. The van der Waals surface area contributed by atoms with E-state index < -0.39 is 11.7 Å². The van der Waals surface area contributed by atoms with Crippen molar-refractivity contribution in [3.63, 3.8) is 0 Å². The van der Waals surface area contributed by atoms with Crippen LogP contribution in [0.15, 0.2) is 53.1 Å². The van der Waals surface area contributed by atoms with Crippen LogP contribution in [0.25, 0.3) is 22.8 Å². The minimum absolute atomic E-state index is 0.0333. The zero-order valence-corrected chi connectivity index (χ0v) is 15.2. The third-order valence-corrected chi connectivity index (χ3v) is 4.68. The van der Waals surface area contributed by atoms with Crippen molar-refractivity contribution < 1.29 is 22.5 Å². The van der Waals surface area contributed by atoms with E-state index in [1.54, 1.807) is 29.2 Å². The number of amides is 1. The van der Waals surface area contributed by atoms with Gasteiger partial charge in [-0.15, -0.1) is 0 Å². The fourth-order valence-electron chi connectivity index (χ4n) is 3.07. The summed E-state index contributed by atoms with van der Waals surface area (Å²) in [7, 11) is 0. The number of nitrogens with one attached hydrogen (secondary N) is 1. The van der Waals surface area contributed by atoms with Crippen LogP contribution >= 0.6 is 0 Å². The van der Waals surface area contributed by atoms with Gasteiger partial charge in [-0.3, -0.25) is 4.79 Å². The molecule has 0 atom stereocenters. The van der Waals surface area contributed by atoms with Gasteiger partial charge >= 0.3 is 6.18 Å². The van der Waals surface area contributed by atoms with Crippen LogP contribution in [-0.2, 0) is 6.18 Å². The van der Waals surface area contributed by atoms with Crippen LogP contribution in [0.1, 0.15) is 15.9 Å². The average Bonchev–Trinajstić information content (AvgIpc) is 3.24. The number of carbonyl (C=O) groups excluding carboxylic acids is 1. The SMILES string of the molecule is O=C(c1ccc(-c2nc(-c3ccc(C(F)(F)F)cc3)no2)cc1)N1CCNCC1. The molecule has 1 aromatic heterocycles. The first-order valence-corrected chi connectivity index (χ1v) is 9.03. The molecule has 0 spiro atoms. The van der Waals surface area contributed by atoms with Gasteiger partial charge in [-0.2, -0.15) is 18.2 Å². The molecule has 1 N–H and O–H groups in total. The van der Waals surface area contributed by atoms with Crippen LogP contribution in [0.4, 0.5) is 13.2 Å². The zero-order chi connectivity index (χ0) is 20.4. The molecule has 0 bridgehead atoms. The molecule has 1 aliphatic rings. The summed E-state index contributed by atoms with van der Waals surface area (Å²) in [5, 5.41) is 7.04. The molecule has 1 saturated heterocycles. The van der Waals surface area contributed by atoms with Crippen molar-refractivity contribution in [1.82, 2.24) is 20.4 Å². The van der Waals surface area contributed by atoms with Gasteiger partial charge in [0.1, 0.15) is 0 Å². The van der Waals surface area contributed by atoms with Crippen LogP contribution in [0, 0.1) is 0 Å². The highest BCUT2D eigenvalue weighted by Crippen LogP contribution is 2.31. The van der Waals surface area contributed by atoms with E-state index >= 15 is 0 Å². The van der Waals surface area contributed by atoms with Gasteiger partial charge in [-0.05, 0) is 36.4 Å². The van der Waals surface area contributed by atoms with E-state index in [0.29, 0.717) is 29.8 Å². The lowest BCUT2D eigenvalue weighted by Crippen LogP contribution is -2.46. The first-order valence-electron chi connectivity index (χ1n) is 9.03. The van der Waals surface area contributed by atoms with E-state index in [2.05, 4.69) is 15.5 Å². The Labute approximate surface area is 164 Å². The second-order valence-corrected chi connectivity index (χ2v) is 6.62. The minimum atomic E-state index is -4.40. The van der Waals surface area contributed by atoms with Crippen molar-refractivity contribution in [3.05, 3.63) is 59.7 Å². The molecule has 150 valence electrons. The van der Waals surface area contributed by atoms with Crippen molar-refractivity contribution >= 4 is 5.91 Å². The molecule has 6 nitrogen and oxygen atoms in total. The predicted octanol–water partition coefficient (Wildman–Crippen LogP) is 3.47. The molecule has 4 rings (SSSR count). The number of piperazine rings is 1. The van der Waals surface area contributed by atoms with Gasteiger partial charge in [-0.1, -0.05) is 17.3 Å². The number of carbonyl (C=O) groups is 1. The Hall–Kier alpha value is -3.20. The molecule has 3 aromatic rings. The van der Waals surface area contributed by atoms with Gasteiger partial charge in [0.25, 0.3) is 11.8 Å². The number of aromatic nitrogens is 2. The van der Waals surface area contributed by atoms with Crippen LogP contribution in [-0.4, -0.2) is 47.1 Å². The van der Waals surface area contributed by atoms with Crippen molar-refractivity contribution in [2.24, 2.45) is 0 Å².